The number of thioether (sulfide) groups is 1. The Morgan fingerprint density at radius 1 is 1.11 bits per heavy atom. The molecule has 4 unspecified atom stereocenters. The van der Waals surface area contributed by atoms with E-state index in [1.54, 1.807) is 0 Å². The maximum atomic E-state index is 13.1. The van der Waals surface area contributed by atoms with Crippen LogP contribution in [0.5, 0.6) is 0 Å². The van der Waals surface area contributed by atoms with Crippen LogP contribution in [-0.2, 0) is 6.42 Å². The third-order valence-corrected chi connectivity index (χ3v) is 7.49. The molecular weight excluding hydrogens is 364 g/mol. The molecule has 2 aromatic carbocycles. The van der Waals surface area contributed by atoms with Crippen molar-refractivity contribution in [1.29, 1.82) is 0 Å². The van der Waals surface area contributed by atoms with Crippen LogP contribution >= 0.6 is 11.8 Å². The van der Waals surface area contributed by atoms with E-state index in [2.05, 4.69) is 73.5 Å². The van der Waals surface area contributed by atoms with Crippen molar-refractivity contribution in [2.24, 2.45) is 0 Å². The summed E-state index contributed by atoms with van der Waals surface area (Å²) in [5.74, 6) is 4.33. The van der Waals surface area contributed by atoms with Gasteiger partial charge in [-0.3, -0.25) is 0 Å². The van der Waals surface area contributed by atoms with E-state index in [-0.39, 0.29) is 12.2 Å². The van der Waals surface area contributed by atoms with Gasteiger partial charge in [-0.05, 0) is 23.5 Å². The van der Waals surface area contributed by atoms with Crippen LogP contribution < -0.4 is 0 Å². The molecule has 146 valence electrons. The van der Waals surface area contributed by atoms with Crippen LogP contribution in [0.3, 0.4) is 0 Å². The standard InChI is InChI=1S/C24H28N2OS/c1-2-3-4-11-16-26-19-28-24(21-14-9-6-10-15-21)22(26)18-25(27)23(26)17-20-12-7-5-8-13-20/h5-10,12-15,22-24H,2-4,17-19H2,1H3. The summed E-state index contributed by atoms with van der Waals surface area (Å²) < 4.78 is 0.617. The normalized spacial score (nSPS) is 29.3. The fourth-order valence-corrected chi connectivity index (χ4v) is 6.16. The predicted molar refractivity (Wildman–Crippen MR) is 117 cm³/mol. The number of unbranched alkanes of at least 4 members (excludes halogenated alkanes) is 2. The average Bonchev–Trinajstić information content (AvgIpc) is 3.21. The zero-order valence-corrected chi connectivity index (χ0v) is 17.3. The fourth-order valence-electron chi connectivity index (χ4n) is 4.45. The molecule has 2 aromatic rings. The zero-order valence-electron chi connectivity index (χ0n) is 16.5. The van der Waals surface area contributed by atoms with Crippen molar-refractivity contribution in [3.05, 3.63) is 77.0 Å². The van der Waals surface area contributed by atoms with E-state index in [0.29, 0.717) is 16.3 Å². The van der Waals surface area contributed by atoms with Crippen LogP contribution in [0.4, 0.5) is 0 Å². The van der Waals surface area contributed by atoms with Gasteiger partial charge in [0.25, 0.3) is 0 Å². The lowest BCUT2D eigenvalue weighted by Crippen LogP contribution is -2.53. The molecule has 2 saturated heterocycles. The summed E-state index contributed by atoms with van der Waals surface area (Å²) in [5.41, 5.74) is 2.54. The Bertz CT molecular complexity index is 828. The van der Waals surface area contributed by atoms with Crippen molar-refractivity contribution in [1.82, 2.24) is 5.06 Å². The minimum absolute atomic E-state index is 0.122. The first-order valence-corrected chi connectivity index (χ1v) is 11.3. The molecule has 0 spiro atoms. The van der Waals surface area contributed by atoms with Gasteiger partial charge < -0.3 is 10.3 Å². The van der Waals surface area contributed by atoms with Crippen molar-refractivity contribution >= 4 is 11.8 Å². The highest BCUT2D eigenvalue weighted by Crippen LogP contribution is 2.51. The van der Waals surface area contributed by atoms with Crippen molar-refractivity contribution in [2.45, 2.75) is 50.1 Å². The summed E-state index contributed by atoms with van der Waals surface area (Å²) in [5, 5.41) is 14.7. The second-order valence-electron chi connectivity index (χ2n) is 7.79. The SMILES string of the molecule is CCCCC#C[N+]12CSC(c3ccccc3)C1CN([O-])C2Cc1ccccc1. The summed E-state index contributed by atoms with van der Waals surface area (Å²) in [6, 6.07) is 24.9. The van der Waals surface area contributed by atoms with Crippen molar-refractivity contribution in [3.63, 3.8) is 0 Å². The molecule has 2 fully saturated rings. The van der Waals surface area contributed by atoms with Crippen molar-refractivity contribution < 1.29 is 4.48 Å². The number of quaternary nitrogens is 1. The lowest BCUT2D eigenvalue weighted by molar-refractivity contribution is -0.887. The van der Waals surface area contributed by atoms with Crippen LogP contribution in [0.25, 0.3) is 0 Å². The molecule has 2 aliphatic rings. The minimum Gasteiger partial charge on any atom is -0.781 e. The number of rotatable bonds is 5. The molecule has 0 N–H and O–H groups in total. The molecule has 0 radical (unpaired) electrons. The van der Waals surface area contributed by atoms with Gasteiger partial charge in [0.15, 0.2) is 6.17 Å². The van der Waals surface area contributed by atoms with Crippen molar-refractivity contribution in [3.8, 4) is 12.0 Å². The van der Waals surface area contributed by atoms with Crippen LogP contribution in [0.1, 0.15) is 42.6 Å². The molecule has 0 bridgehead atoms. The molecule has 28 heavy (non-hydrogen) atoms. The monoisotopic (exact) mass is 392 g/mol. The Morgan fingerprint density at radius 2 is 1.82 bits per heavy atom. The van der Waals surface area contributed by atoms with E-state index in [1.807, 2.05) is 17.8 Å². The Labute approximate surface area is 172 Å². The second-order valence-corrected chi connectivity index (χ2v) is 8.89. The first-order chi connectivity index (χ1) is 13.7. The number of fused-ring (bicyclic) bond motifs is 1. The first-order valence-electron chi connectivity index (χ1n) is 10.3. The zero-order chi connectivity index (χ0) is 19.4. The van der Waals surface area contributed by atoms with Gasteiger partial charge in [0.2, 0.25) is 0 Å². The largest absolute Gasteiger partial charge is 0.781 e. The molecular formula is C24H28N2OS. The smallest absolute Gasteiger partial charge is 0.151 e. The Balaban J connectivity index is 1.67. The number of hydrogen-bond acceptors (Lipinski definition) is 3. The van der Waals surface area contributed by atoms with Gasteiger partial charge in [0.05, 0.1) is 5.25 Å². The van der Waals surface area contributed by atoms with Gasteiger partial charge >= 0.3 is 0 Å². The van der Waals surface area contributed by atoms with E-state index in [9.17, 15) is 5.21 Å². The number of benzene rings is 2. The van der Waals surface area contributed by atoms with Gasteiger partial charge in [-0.1, -0.05) is 85.8 Å². The topological polar surface area (TPSA) is 26.3 Å². The highest BCUT2D eigenvalue weighted by atomic mass is 32.2. The Morgan fingerprint density at radius 3 is 2.54 bits per heavy atom. The number of nitrogens with zero attached hydrogens (tertiary/aromatic N) is 2. The molecule has 4 rings (SSSR count). The van der Waals surface area contributed by atoms with Gasteiger partial charge in [-0.15, -0.1) is 0 Å². The molecule has 4 atom stereocenters. The number of hydrogen-bond donors (Lipinski definition) is 0. The summed E-state index contributed by atoms with van der Waals surface area (Å²) >= 11 is 1.97. The third kappa shape index (κ3) is 3.73. The maximum Gasteiger partial charge on any atom is 0.151 e. The number of hydroxylamine groups is 2. The molecule has 0 saturated carbocycles. The van der Waals surface area contributed by atoms with Gasteiger partial charge in [-0.2, -0.15) is 0 Å². The Hall–Kier alpha value is -1.77. The summed E-state index contributed by atoms with van der Waals surface area (Å²) in [6.07, 6.45) is 3.83. The summed E-state index contributed by atoms with van der Waals surface area (Å²) in [4.78, 5) is 0. The van der Waals surface area contributed by atoms with Gasteiger partial charge in [0.1, 0.15) is 18.0 Å². The molecule has 3 nitrogen and oxygen atoms in total. The van der Waals surface area contributed by atoms with E-state index in [4.69, 9.17) is 0 Å². The average molecular weight is 393 g/mol. The van der Waals surface area contributed by atoms with E-state index in [1.165, 1.54) is 16.2 Å². The lowest BCUT2D eigenvalue weighted by atomic mass is 10.0. The highest BCUT2D eigenvalue weighted by Gasteiger charge is 2.58. The fraction of sp³-hybridized carbons (Fsp3) is 0.417. The minimum atomic E-state index is -0.122. The lowest BCUT2D eigenvalue weighted by Gasteiger charge is -2.37. The van der Waals surface area contributed by atoms with Crippen LogP contribution in [-0.4, -0.2) is 34.2 Å². The van der Waals surface area contributed by atoms with Crippen LogP contribution in [0.15, 0.2) is 60.7 Å². The van der Waals surface area contributed by atoms with Crippen LogP contribution in [0.2, 0.25) is 0 Å². The van der Waals surface area contributed by atoms with Crippen molar-refractivity contribution in [2.75, 3.05) is 12.4 Å². The predicted octanol–water partition coefficient (Wildman–Crippen LogP) is 5.15. The summed E-state index contributed by atoms with van der Waals surface area (Å²) in [7, 11) is 0. The van der Waals surface area contributed by atoms with E-state index < -0.39 is 0 Å². The van der Waals surface area contributed by atoms with Crippen LogP contribution in [0, 0.1) is 17.2 Å². The molecule has 4 heteroatoms. The first kappa shape index (κ1) is 19.5. The third-order valence-electron chi connectivity index (χ3n) is 5.97. The van der Waals surface area contributed by atoms with Gasteiger partial charge in [0, 0.05) is 19.4 Å². The highest BCUT2D eigenvalue weighted by molar-refractivity contribution is 7.99. The second kappa shape index (κ2) is 8.71. The molecule has 0 aliphatic carbocycles. The van der Waals surface area contributed by atoms with E-state index in [0.717, 1.165) is 31.6 Å². The Kier molecular flexibility index (Phi) is 6.08. The van der Waals surface area contributed by atoms with Gasteiger partial charge in [-0.25, -0.2) is 4.48 Å². The molecule has 0 aromatic heterocycles. The molecule has 2 heterocycles. The molecule has 0 amide bonds. The maximum absolute atomic E-state index is 13.1. The quantitative estimate of drug-likeness (QED) is 0.400. The summed E-state index contributed by atoms with van der Waals surface area (Å²) in [6.45, 7) is 2.76. The molecule has 2 aliphatic heterocycles. The van der Waals surface area contributed by atoms with E-state index >= 15 is 0 Å².